The quantitative estimate of drug-likeness (QED) is 0.757. The molecule has 1 atom stereocenters. The predicted octanol–water partition coefficient (Wildman–Crippen LogP) is 4.28. The van der Waals surface area contributed by atoms with E-state index in [-0.39, 0.29) is 0 Å². The molecule has 0 saturated heterocycles. The lowest BCUT2D eigenvalue weighted by atomic mass is 9.97. The first kappa shape index (κ1) is 15.4. The van der Waals surface area contributed by atoms with Gasteiger partial charge in [0.1, 0.15) is 0 Å². The molecule has 2 aromatic rings. The van der Waals surface area contributed by atoms with Gasteiger partial charge in [-0.25, -0.2) is 0 Å². The van der Waals surface area contributed by atoms with Crippen LogP contribution in [0.1, 0.15) is 36.1 Å². The molecule has 0 aliphatic heterocycles. The van der Waals surface area contributed by atoms with E-state index in [1.165, 1.54) is 20.3 Å². The van der Waals surface area contributed by atoms with Crippen molar-refractivity contribution in [2.75, 3.05) is 6.54 Å². The van der Waals surface area contributed by atoms with Gasteiger partial charge >= 0.3 is 0 Å². The van der Waals surface area contributed by atoms with Crippen LogP contribution in [0.5, 0.6) is 0 Å². The van der Waals surface area contributed by atoms with E-state index in [9.17, 15) is 0 Å². The van der Waals surface area contributed by atoms with Gasteiger partial charge in [-0.15, -0.1) is 0 Å². The molecule has 1 unspecified atom stereocenters. The summed E-state index contributed by atoms with van der Waals surface area (Å²) in [5.74, 6) is 0. The number of rotatable bonds is 6. The first-order chi connectivity index (χ1) is 9.70. The molecule has 0 amide bonds. The third-order valence-corrected chi connectivity index (χ3v) is 4.17. The summed E-state index contributed by atoms with van der Waals surface area (Å²) < 4.78 is 1.28. The number of pyridine rings is 1. The molecule has 0 aliphatic rings. The fraction of sp³-hybridized carbons (Fsp3) is 0.353. The Labute approximate surface area is 135 Å². The van der Waals surface area contributed by atoms with Crippen LogP contribution in [0.25, 0.3) is 0 Å². The van der Waals surface area contributed by atoms with Gasteiger partial charge in [-0.1, -0.05) is 19.1 Å². The summed E-state index contributed by atoms with van der Waals surface area (Å²) in [6.07, 6.45) is 6.00. The second-order valence-corrected chi connectivity index (χ2v) is 6.32. The third-order valence-electron chi connectivity index (χ3n) is 3.45. The Bertz CT molecular complexity index is 537. The van der Waals surface area contributed by atoms with Gasteiger partial charge in [0.25, 0.3) is 0 Å². The van der Waals surface area contributed by atoms with E-state index in [4.69, 9.17) is 0 Å². The number of benzene rings is 1. The monoisotopic (exact) mass is 380 g/mol. The lowest BCUT2D eigenvalue weighted by molar-refractivity contribution is 0.525. The van der Waals surface area contributed by atoms with Gasteiger partial charge in [0.05, 0.1) is 0 Å². The standard InChI is InChI=1S/C17H21IN2/c1-3-9-20-17(16-12-19-10-8-13(16)2)11-14-4-6-15(18)7-5-14/h4-8,10,12,17,20H,3,9,11H2,1-2H3. The highest BCUT2D eigenvalue weighted by molar-refractivity contribution is 14.1. The number of nitrogens with one attached hydrogen (secondary N) is 1. The van der Waals surface area contributed by atoms with E-state index in [1.807, 2.05) is 12.4 Å². The first-order valence-corrected chi connectivity index (χ1v) is 8.17. The second kappa shape index (κ2) is 7.74. The maximum Gasteiger partial charge on any atom is 0.0378 e. The van der Waals surface area contributed by atoms with E-state index >= 15 is 0 Å². The zero-order chi connectivity index (χ0) is 14.4. The maximum absolute atomic E-state index is 4.29. The molecule has 1 heterocycles. The van der Waals surface area contributed by atoms with Gasteiger partial charge in [0.2, 0.25) is 0 Å². The van der Waals surface area contributed by atoms with Crippen molar-refractivity contribution < 1.29 is 0 Å². The zero-order valence-electron chi connectivity index (χ0n) is 12.1. The van der Waals surface area contributed by atoms with Crippen LogP contribution in [0.4, 0.5) is 0 Å². The highest BCUT2D eigenvalue weighted by Crippen LogP contribution is 2.21. The molecule has 0 bridgehead atoms. The van der Waals surface area contributed by atoms with Gasteiger partial charge in [-0.3, -0.25) is 4.98 Å². The molecular formula is C17H21IN2. The van der Waals surface area contributed by atoms with Crippen LogP contribution in [0, 0.1) is 10.5 Å². The van der Waals surface area contributed by atoms with Crippen LogP contribution in [-0.2, 0) is 6.42 Å². The fourth-order valence-corrected chi connectivity index (χ4v) is 2.67. The molecule has 106 valence electrons. The van der Waals surface area contributed by atoms with Crippen LogP contribution in [0.15, 0.2) is 42.7 Å². The fourth-order valence-electron chi connectivity index (χ4n) is 2.31. The van der Waals surface area contributed by atoms with Crippen molar-refractivity contribution in [3.8, 4) is 0 Å². The van der Waals surface area contributed by atoms with E-state index in [1.54, 1.807) is 0 Å². The molecule has 2 nitrogen and oxygen atoms in total. The lowest BCUT2D eigenvalue weighted by Gasteiger charge is -2.20. The minimum Gasteiger partial charge on any atom is -0.310 e. The summed E-state index contributed by atoms with van der Waals surface area (Å²) in [4.78, 5) is 4.29. The molecule has 0 fully saturated rings. The molecule has 1 aromatic heterocycles. The molecule has 20 heavy (non-hydrogen) atoms. The summed E-state index contributed by atoms with van der Waals surface area (Å²) in [5, 5.41) is 3.65. The van der Waals surface area contributed by atoms with Gasteiger partial charge in [-0.05, 0) is 83.8 Å². The molecule has 0 aliphatic carbocycles. The minimum atomic E-state index is 0.337. The summed E-state index contributed by atoms with van der Waals surface area (Å²) in [5.41, 5.74) is 3.97. The number of aryl methyl sites for hydroxylation is 1. The Morgan fingerprint density at radius 1 is 1.20 bits per heavy atom. The third kappa shape index (κ3) is 4.28. The minimum absolute atomic E-state index is 0.337. The average molecular weight is 380 g/mol. The molecule has 0 spiro atoms. The Hall–Kier alpha value is -0.940. The molecule has 1 aromatic carbocycles. The van der Waals surface area contributed by atoms with E-state index in [0.29, 0.717) is 6.04 Å². The second-order valence-electron chi connectivity index (χ2n) is 5.07. The van der Waals surface area contributed by atoms with Crippen LogP contribution >= 0.6 is 22.6 Å². The Morgan fingerprint density at radius 3 is 2.60 bits per heavy atom. The lowest BCUT2D eigenvalue weighted by Crippen LogP contribution is -2.25. The number of nitrogens with zero attached hydrogens (tertiary/aromatic N) is 1. The van der Waals surface area contributed by atoms with Crippen molar-refractivity contribution in [1.29, 1.82) is 0 Å². The maximum atomic E-state index is 4.29. The van der Waals surface area contributed by atoms with Crippen LogP contribution in [-0.4, -0.2) is 11.5 Å². The number of halogens is 1. The summed E-state index contributed by atoms with van der Waals surface area (Å²) in [7, 11) is 0. The van der Waals surface area contributed by atoms with Crippen molar-refractivity contribution in [3.63, 3.8) is 0 Å². The van der Waals surface area contributed by atoms with Gasteiger partial charge in [0.15, 0.2) is 0 Å². The zero-order valence-corrected chi connectivity index (χ0v) is 14.2. The highest BCUT2D eigenvalue weighted by Gasteiger charge is 2.13. The summed E-state index contributed by atoms with van der Waals surface area (Å²) in [6.45, 7) is 5.39. The number of aromatic nitrogens is 1. The van der Waals surface area contributed by atoms with E-state index in [0.717, 1.165) is 19.4 Å². The Balaban J connectivity index is 2.19. The molecule has 0 saturated carbocycles. The number of hydrogen-bond donors (Lipinski definition) is 1. The predicted molar refractivity (Wildman–Crippen MR) is 92.9 cm³/mol. The van der Waals surface area contributed by atoms with E-state index < -0.39 is 0 Å². The smallest absolute Gasteiger partial charge is 0.0378 e. The Morgan fingerprint density at radius 2 is 1.95 bits per heavy atom. The summed E-state index contributed by atoms with van der Waals surface area (Å²) >= 11 is 2.34. The van der Waals surface area contributed by atoms with E-state index in [2.05, 4.69) is 77.1 Å². The molecule has 2 rings (SSSR count). The largest absolute Gasteiger partial charge is 0.310 e. The van der Waals surface area contributed by atoms with Gasteiger partial charge in [-0.2, -0.15) is 0 Å². The first-order valence-electron chi connectivity index (χ1n) is 7.09. The highest BCUT2D eigenvalue weighted by atomic mass is 127. The SMILES string of the molecule is CCCNC(Cc1ccc(I)cc1)c1cnccc1C. The Kier molecular flexibility index (Phi) is 5.98. The van der Waals surface area contributed by atoms with Crippen LogP contribution in [0.3, 0.4) is 0 Å². The van der Waals surface area contributed by atoms with Crippen molar-refractivity contribution in [1.82, 2.24) is 10.3 Å². The molecular weight excluding hydrogens is 359 g/mol. The van der Waals surface area contributed by atoms with Crippen molar-refractivity contribution in [2.45, 2.75) is 32.7 Å². The molecule has 3 heteroatoms. The van der Waals surface area contributed by atoms with Crippen LogP contribution < -0.4 is 5.32 Å². The van der Waals surface area contributed by atoms with Crippen LogP contribution in [0.2, 0.25) is 0 Å². The average Bonchev–Trinajstić information content (AvgIpc) is 2.46. The van der Waals surface area contributed by atoms with Gasteiger partial charge in [0, 0.05) is 22.0 Å². The van der Waals surface area contributed by atoms with Crippen molar-refractivity contribution >= 4 is 22.6 Å². The normalized spacial score (nSPS) is 12.3. The van der Waals surface area contributed by atoms with Crippen molar-refractivity contribution in [2.24, 2.45) is 0 Å². The molecule has 0 radical (unpaired) electrons. The number of hydrogen-bond acceptors (Lipinski definition) is 2. The van der Waals surface area contributed by atoms with Gasteiger partial charge < -0.3 is 5.32 Å². The summed E-state index contributed by atoms with van der Waals surface area (Å²) in [6, 6.07) is 11.2. The molecule has 1 N–H and O–H groups in total. The topological polar surface area (TPSA) is 24.9 Å². The van der Waals surface area contributed by atoms with Crippen molar-refractivity contribution in [3.05, 3.63) is 63.0 Å².